The second-order valence-electron chi connectivity index (χ2n) is 7.61. The van der Waals surface area contributed by atoms with Crippen molar-refractivity contribution in [1.29, 1.82) is 0 Å². The van der Waals surface area contributed by atoms with E-state index in [0.29, 0.717) is 18.4 Å². The average molecular weight is 385 g/mol. The molecule has 0 radical (unpaired) electrons. The van der Waals surface area contributed by atoms with Gasteiger partial charge in [0, 0.05) is 25.4 Å². The molecular formula is C21H24N2O3S. The molecule has 0 aromatic heterocycles. The number of sulfonamides is 1. The fourth-order valence-corrected chi connectivity index (χ4v) is 4.93. The zero-order chi connectivity index (χ0) is 19.2. The Labute approximate surface area is 160 Å². The molecule has 3 aliphatic carbocycles. The van der Waals surface area contributed by atoms with Gasteiger partial charge in [0.1, 0.15) is 0 Å². The number of hydrogen-bond acceptors (Lipinski definition) is 3. The Kier molecular flexibility index (Phi) is 4.56. The Hall–Kier alpha value is -2.18. The molecular weight excluding hydrogens is 360 g/mol. The van der Waals surface area contributed by atoms with E-state index in [4.69, 9.17) is 0 Å². The van der Waals surface area contributed by atoms with Crippen LogP contribution in [0.15, 0.2) is 48.5 Å². The molecule has 2 bridgehead atoms. The number of hydrogen-bond donors (Lipinski definition) is 1. The first kappa shape index (κ1) is 18.2. The molecule has 2 aromatic carbocycles. The van der Waals surface area contributed by atoms with E-state index < -0.39 is 10.0 Å². The van der Waals surface area contributed by atoms with Gasteiger partial charge in [-0.1, -0.05) is 48.5 Å². The van der Waals surface area contributed by atoms with Gasteiger partial charge in [0.05, 0.1) is 12.8 Å². The normalized spacial score (nSPS) is 23.0. The Bertz CT molecular complexity index is 939. The van der Waals surface area contributed by atoms with Crippen molar-refractivity contribution in [1.82, 2.24) is 9.62 Å². The third-order valence-electron chi connectivity index (χ3n) is 5.92. The molecule has 2 aromatic rings. The summed E-state index contributed by atoms with van der Waals surface area (Å²) in [6, 6.07) is 17.2. The number of fused-ring (bicyclic) bond motifs is 1. The second kappa shape index (κ2) is 6.77. The summed E-state index contributed by atoms with van der Waals surface area (Å²) < 4.78 is 24.1. The molecule has 5 nitrogen and oxygen atoms in total. The smallest absolute Gasteiger partial charge is 0.235 e. The largest absolute Gasteiger partial charge is 0.355 e. The van der Waals surface area contributed by atoms with Gasteiger partial charge in [-0.2, -0.15) is 4.31 Å². The highest BCUT2D eigenvalue weighted by atomic mass is 32.2. The lowest BCUT2D eigenvalue weighted by Crippen LogP contribution is -2.43. The molecule has 0 spiro atoms. The Morgan fingerprint density at radius 1 is 1.04 bits per heavy atom. The number of carbonyl (C=O) groups excluding carboxylic acids is 1. The minimum atomic E-state index is -3.36. The number of likely N-dealkylation sites (N-methyl/N-ethyl adjacent to an activating group) is 1. The maximum atomic E-state index is 12.2. The summed E-state index contributed by atoms with van der Waals surface area (Å²) in [4.78, 5) is 12.2. The highest BCUT2D eigenvalue weighted by Crippen LogP contribution is 2.55. The van der Waals surface area contributed by atoms with Crippen LogP contribution in [0.25, 0.3) is 0 Å². The average Bonchev–Trinajstić information content (AvgIpc) is 2.66. The summed E-state index contributed by atoms with van der Waals surface area (Å²) >= 11 is 0. The number of nitrogens with zero attached hydrogens (tertiary/aromatic N) is 1. The van der Waals surface area contributed by atoms with Gasteiger partial charge in [-0.15, -0.1) is 0 Å². The molecule has 0 unspecified atom stereocenters. The van der Waals surface area contributed by atoms with E-state index >= 15 is 0 Å². The summed E-state index contributed by atoms with van der Waals surface area (Å²) in [5.41, 5.74) is 5.53. The molecule has 0 saturated carbocycles. The van der Waals surface area contributed by atoms with Crippen molar-refractivity contribution in [2.24, 2.45) is 5.92 Å². The predicted octanol–water partition coefficient (Wildman–Crippen LogP) is 2.29. The monoisotopic (exact) mass is 384 g/mol. The first-order valence-electron chi connectivity index (χ1n) is 9.22. The number of carbonyl (C=O) groups is 1. The standard InChI is InChI=1S/C21H24N2O3S/c1-23(27(2,25)26)13-20(24)22-12-14-11-19-15-7-3-5-9-17(15)21(14)18-10-6-4-8-16(18)19/h3-10,14,19,21H,11-13H2,1-2H3,(H,22,24)/t14-,19?,21?/m1/s1. The van der Waals surface area contributed by atoms with Crippen molar-refractivity contribution < 1.29 is 13.2 Å². The first-order chi connectivity index (χ1) is 12.9. The minimum absolute atomic E-state index is 0.146. The molecule has 0 saturated heterocycles. The van der Waals surface area contributed by atoms with Crippen LogP contribution in [0.4, 0.5) is 0 Å². The second-order valence-corrected chi connectivity index (χ2v) is 9.70. The van der Waals surface area contributed by atoms with Gasteiger partial charge in [-0.25, -0.2) is 8.42 Å². The Balaban J connectivity index is 1.54. The summed E-state index contributed by atoms with van der Waals surface area (Å²) in [6.07, 6.45) is 2.11. The molecule has 0 fully saturated rings. The van der Waals surface area contributed by atoms with Crippen LogP contribution in [0, 0.1) is 5.92 Å². The predicted molar refractivity (Wildman–Crippen MR) is 105 cm³/mol. The fourth-order valence-electron chi connectivity index (χ4n) is 4.58. The van der Waals surface area contributed by atoms with E-state index in [1.54, 1.807) is 0 Å². The van der Waals surface area contributed by atoms with Crippen molar-refractivity contribution >= 4 is 15.9 Å². The lowest BCUT2D eigenvalue weighted by atomic mass is 9.59. The molecule has 3 aliphatic rings. The summed E-state index contributed by atoms with van der Waals surface area (Å²) in [6.45, 7) is 0.410. The van der Waals surface area contributed by atoms with Crippen molar-refractivity contribution in [3.05, 3.63) is 70.8 Å². The lowest BCUT2D eigenvalue weighted by Gasteiger charge is -2.45. The van der Waals surface area contributed by atoms with Crippen molar-refractivity contribution in [3.8, 4) is 0 Å². The molecule has 142 valence electrons. The highest BCUT2D eigenvalue weighted by molar-refractivity contribution is 7.88. The van der Waals surface area contributed by atoms with Crippen LogP contribution in [0.1, 0.15) is 40.5 Å². The van der Waals surface area contributed by atoms with Crippen LogP contribution >= 0.6 is 0 Å². The van der Waals surface area contributed by atoms with E-state index in [1.807, 2.05) is 0 Å². The van der Waals surface area contributed by atoms with Crippen LogP contribution in [0.2, 0.25) is 0 Å². The van der Waals surface area contributed by atoms with Crippen LogP contribution < -0.4 is 5.32 Å². The summed E-state index contributed by atoms with van der Waals surface area (Å²) in [5, 5.41) is 2.96. The highest BCUT2D eigenvalue weighted by Gasteiger charge is 2.42. The molecule has 6 heteroatoms. The van der Waals surface area contributed by atoms with Crippen LogP contribution in [0.5, 0.6) is 0 Å². The van der Waals surface area contributed by atoms with Gasteiger partial charge < -0.3 is 5.32 Å². The van der Waals surface area contributed by atoms with Gasteiger partial charge in [-0.05, 0) is 34.6 Å². The quantitative estimate of drug-likeness (QED) is 0.860. The minimum Gasteiger partial charge on any atom is -0.355 e. The molecule has 0 heterocycles. The SMILES string of the molecule is CN(CC(=O)NC[C@H]1CC2c3ccccc3C1c1ccccc12)S(C)(=O)=O. The van der Waals surface area contributed by atoms with Crippen LogP contribution in [-0.2, 0) is 14.8 Å². The van der Waals surface area contributed by atoms with Gasteiger partial charge >= 0.3 is 0 Å². The Morgan fingerprint density at radius 3 is 2.07 bits per heavy atom. The zero-order valence-corrected chi connectivity index (χ0v) is 16.4. The lowest BCUT2D eigenvalue weighted by molar-refractivity contribution is -0.121. The maximum Gasteiger partial charge on any atom is 0.235 e. The number of amides is 1. The molecule has 0 aliphatic heterocycles. The molecule has 27 heavy (non-hydrogen) atoms. The number of benzene rings is 2. The molecule has 5 rings (SSSR count). The zero-order valence-electron chi connectivity index (χ0n) is 15.6. The molecule has 1 atom stereocenters. The topological polar surface area (TPSA) is 66.5 Å². The number of nitrogens with one attached hydrogen (secondary N) is 1. The third kappa shape index (κ3) is 3.28. The van der Waals surface area contributed by atoms with Gasteiger partial charge in [0.15, 0.2) is 0 Å². The molecule has 1 N–H and O–H groups in total. The summed E-state index contributed by atoms with van der Waals surface area (Å²) in [5.74, 6) is 0.691. The fraction of sp³-hybridized carbons (Fsp3) is 0.381. The van der Waals surface area contributed by atoms with Gasteiger partial charge in [-0.3, -0.25) is 4.79 Å². The van der Waals surface area contributed by atoms with E-state index in [-0.39, 0.29) is 18.4 Å². The maximum absolute atomic E-state index is 12.2. The first-order valence-corrected chi connectivity index (χ1v) is 11.1. The van der Waals surface area contributed by atoms with Crippen molar-refractivity contribution in [2.45, 2.75) is 18.3 Å². The number of rotatable bonds is 5. The van der Waals surface area contributed by atoms with Crippen LogP contribution in [-0.4, -0.2) is 45.0 Å². The van der Waals surface area contributed by atoms with Crippen molar-refractivity contribution in [3.63, 3.8) is 0 Å². The van der Waals surface area contributed by atoms with Gasteiger partial charge in [0.2, 0.25) is 15.9 Å². The van der Waals surface area contributed by atoms with Gasteiger partial charge in [0.25, 0.3) is 0 Å². The van der Waals surface area contributed by atoms with E-state index in [1.165, 1.54) is 29.3 Å². The van der Waals surface area contributed by atoms with Crippen LogP contribution in [0.3, 0.4) is 0 Å². The van der Waals surface area contributed by atoms with E-state index in [2.05, 4.69) is 53.8 Å². The van der Waals surface area contributed by atoms with E-state index in [9.17, 15) is 13.2 Å². The Morgan fingerprint density at radius 2 is 1.56 bits per heavy atom. The third-order valence-corrected chi connectivity index (χ3v) is 7.18. The van der Waals surface area contributed by atoms with E-state index in [0.717, 1.165) is 17.0 Å². The van der Waals surface area contributed by atoms with Crippen molar-refractivity contribution in [2.75, 3.05) is 26.4 Å². The molecule has 1 amide bonds. The summed E-state index contributed by atoms with van der Waals surface area (Å²) in [7, 11) is -1.94.